The summed E-state index contributed by atoms with van der Waals surface area (Å²) in [5.74, 6) is 0.818. The Balaban J connectivity index is 2.66. The van der Waals surface area contributed by atoms with Crippen molar-refractivity contribution in [3.63, 3.8) is 0 Å². The number of aliphatic hydroxyl groups is 1. The molecule has 0 aromatic carbocycles. The first-order chi connectivity index (χ1) is 5.65. The Morgan fingerprint density at radius 2 is 2.33 bits per heavy atom. The molecular formula is C10H16O2. The van der Waals surface area contributed by atoms with E-state index < -0.39 is 6.10 Å². The normalized spacial score (nSPS) is 30.2. The minimum Gasteiger partial charge on any atom is -0.389 e. The summed E-state index contributed by atoms with van der Waals surface area (Å²) in [5, 5.41) is 9.61. The van der Waals surface area contributed by atoms with Crippen molar-refractivity contribution in [3.8, 4) is 0 Å². The molecule has 1 aliphatic carbocycles. The Morgan fingerprint density at radius 1 is 1.67 bits per heavy atom. The van der Waals surface area contributed by atoms with Crippen LogP contribution in [-0.4, -0.2) is 17.5 Å². The summed E-state index contributed by atoms with van der Waals surface area (Å²) in [5.41, 5.74) is 0.749. The molecule has 0 saturated heterocycles. The van der Waals surface area contributed by atoms with Gasteiger partial charge in [0.05, 0.1) is 6.10 Å². The molecule has 0 aliphatic heterocycles. The Hall–Kier alpha value is -0.630. The van der Waals surface area contributed by atoms with Gasteiger partial charge in [0.1, 0.15) is 6.29 Å². The average molecular weight is 168 g/mol. The molecule has 0 amide bonds. The largest absolute Gasteiger partial charge is 0.389 e. The van der Waals surface area contributed by atoms with Crippen molar-refractivity contribution in [2.24, 2.45) is 11.8 Å². The lowest BCUT2D eigenvalue weighted by atomic mass is 9.81. The smallest absolute Gasteiger partial charge is 0.145 e. The van der Waals surface area contributed by atoms with Crippen molar-refractivity contribution >= 4 is 6.29 Å². The van der Waals surface area contributed by atoms with E-state index in [9.17, 15) is 9.90 Å². The lowest BCUT2D eigenvalue weighted by Gasteiger charge is -2.28. The van der Waals surface area contributed by atoms with E-state index in [1.165, 1.54) is 0 Å². The van der Waals surface area contributed by atoms with Crippen LogP contribution in [0.3, 0.4) is 0 Å². The number of hydrogen-bond acceptors (Lipinski definition) is 2. The van der Waals surface area contributed by atoms with Crippen LogP contribution >= 0.6 is 0 Å². The summed E-state index contributed by atoms with van der Waals surface area (Å²) in [7, 11) is 0. The highest BCUT2D eigenvalue weighted by atomic mass is 16.3. The fourth-order valence-corrected chi connectivity index (χ4v) is 1.76. The van der Waals surface area contributed by atoms with Crippen molar-refractivity contribution in [1.82, 2.24) is 0 Å². The summed E-state index contributed by atoms with van der Waals surface area (Å²) in [6, 6.07) is 0. The van der Waals surface area contributed by atoms with Crippen LogP contribution in [-0.2, 0) is 4.79 Å². The first kappa shape index (κ1) is 9.46. The molecule has 0 spiro atoms. The van der Waals surface area contributed by atoms with Gasteiger partial charge in [-0.25, -0.2) is 0 Å². The number of aliphatic hydroxyl groups excluding tert-OH is 1. The Bertz CT molecular complexity index is 194. The highest BCUT2D eigenvalue weighted by molar-refractivity contribution is 5.73. The molecule has 2 atom stereocenters. The zero-order valence-electron chi connectivity index (χ0n) is 7.66. The molecule has 0 saturated carbocycles. The van der Waals surface area contributed by atoms with Crippen molar-refractivity contribution in [2.45, 2.75) is 32.8 Å². The molecule has 0 heterocycles. The molecule has 0 radical (unpaired) electrons. The van der Waals surface area contributed by atoms with E-state index in [1.807, 2.05) is 0 Å². The van der Waals surface area contributed by atoms with Crippen LogP contribution in [0.2, 0.25) is 0 Å². The molecule has 0 fully saturated rings. The second kappa shape index (κ2) is 3.85. The summed E-state index contributed by atoms with van der Waals surface area (Å²) < 4.78 is 0. The molecule has 2 nitrogen and oxygen atoms in total. The van der Waals surface area contributed by atoms with E-state index in [0.717, 1.165) is 24.7 Å². The van der Waals surface area contributed by atoms with E-state index in [1.54, 1.807) is 6.08 Å². The van der Waals surface area contributed by atoms with E-state index >= 15 is 0 Å². The molecule has 0 unspecified atom stereocenters. The van der Waals surface area contributed by atoms with Gasteiger partial charge in [-0.15, -0.1) is 0 Å². The SMILES string of the molecule is CC(C)[C@@H]1CCC(C=O)=C[C@@H]1O. The topological polar surface area (TPSA) is 37.3 Å². The first-order valence-electron chi connectivity index (χ1n) is 4.49. The van der Waals surface area contributed by atoms with Gasteiger partial charge in [-0.3, -0.25) is 4.79 Å². The third-order valence-corrected chi connectivity index (χ3v) is 2.60. The van der Waals surface area contributed by atoms with E-state index in [2.05, 4.69) is 13.8 Å². The van der Waals surface area contributed by atoms with E-state index in [-0.39, 0.29) is 0 Å². The summed E-state index contributed by atoms with van der Waals surface area (Å²) in [6.45, 7) is 4.21. The van der Waals surface area contributed by atoms with Crippen LogP contribution in [0.4, 0.5) is 0 Å². The zero-order valence-corrected chi connectivity index (χ0v) is 7.66. The third-order valence-electron chi connectivity index (χ3n) is 2.60. The van der Waals surface area contributed by atoms with Gasteiger partial charge in [0.15, 0.2) is 0 Å². The predicted molar refractivity (Wildman–Crippen MR) is 47.7 cm³/mol. The van der Waals surface area contributed by atoms with Gasteiger partial charge in [0.2, 0.25) is 0 Å². The molecule has 0 aromatic rings. The summed E-state index contributed by atoms with van der Waals surface area (Å²) in [6.07, 6.45) is 3.88. The van der Waals surface area contributed by atoms with Gasteiger partial charge in [-0.05, 0) is 36.3 Å². The molecule has 0 bridgehead atoms. The molecule has 1 aliphatic rings. The maximum atomic E-state index is 10.4. The van der Waals surface area contributed by atoms with Crippen molar-refractivity contribution in [3.05, 3.63) is 11.6 Å². The van der Waals surface area contributed by atoms with Gasteiger partial charge < -0.3 is 5.11 Å². The molecule has 0 aromatic heterocycles. The number of aldehydes is 1. The zero-order chi connectivity index (χ0) is 9.14. The standard InChI is InChI=1S/C10H16O2/c1-7(2)9-4-3-8(6-11)5-10(9)12/h5-7,9-10,12H,3-4H2,1-2H3/t9-,10-/m0/s1. The van der Waals surface area contributed by atoms with Crippen LogP contribution < -0.4 is 0 Å². The van der Waals surface area contributed by atoms with Crippen LogP contribution in [0.5, 0.6) is 0 Å². The molecule has 68 valence electrons. The summed E-state index contributed by atoms with van der Waals surface area (Å²) >= 11 is 0. The molecular weight excluding hydrogens is 152 g/mol. The van der Waals surface area contributed by atoms with Crippen LogP contribution in [0.1, 0.15) is 26.7 Å². The van der Waals surface area contributed by atoms with Crippen molar-refractivity contribution in [2.75, 3.05) is 0 Å². The fourth-order valence-electron chi connectivity index (χ4n) is 1.76. The van der Waals surface area contributed by atoms with E-state index in [4.69, 9.17) is 0 Å². The van der Waals surface area contributed by atoms with Gasteiger partial charge in [-0.1, -0.05) is 13.8 Å². The minimum atomic E-state index is -0.418. The number of allylic oxidation sites excluding steroid dienone is 1. The summed E-state index contributed by atoms with van der Waals surface area (Å²) in [4.78, 5) is 10.4. The Kier molecular flexibility index (Phi) is 3.04. The van der Waals surface area contributed by atoms with Gasteiger partial charge in [0.25, 0.3) is 0 Å². The van der Waals surface area contributed by atoms with Gasteiger partial charge >= 0.3 is 0 Å². The maximum absolute atomic E-state index is 10.4. The molecule has 12 heavy (non-hydrogen) atoms. The van der Waals surface area contributed by atoms with Crippen LogP contribution in [0.15, 0.2) is 11.6 Å². The van der Waals surface area contributed by atoms with E-state index in [0.29, 0.717) is 11.8 Å². The van der Waals surface area contributed by atoms with Gasteiger partial charge in [0, 0.05) is 0 Å². The quantitative estimate of drug-likeness (QED) is 0.635. The molecule has 2 heteroatoms. The number of carbonyl (C=O) groups is 1. The van der Waals surface area contributed by atoms with Crippen molar-refractivity contribution < 1.29 is 9.90 Å². The second-order valence-electron chi connectivity index (χ2n) is 3.80. The predicted octanol–water partition coefficient (Wildman–Crippen LogP) is 1.54. The van der Waals surface area contributed by atoms with Crippen LogP contribution in [0, 0.1) is 11.8 Å². The first-order valence-corrected chi connectivity index (χ1v) is 4.49. The minimum absolute atomic E-state index is 0.327. The lowest BCUT2D eigenvalue weighted by Crippen LogP contribution is -2.27. The number of carbonyl (C=O) groups excluding carboxylic acids is 1. The van der Waals surface area contributed by atoms with Crippen LogP contribution in [0.25, 0.3) is 0 Å². The monoisotopic (exact) mass is 168 g/mol. The lowest BCUT2D eigenvalue weighted by molar-refractivity contribution is -0.105. The maximum Gasteiger partial charge on any atom is 0.145 e. The number of rotatable bonds is 2. The third kappa shape index (κ3) is 1.95. The second-order valence-corrected chi connectivity index (χ2v) is 3.80. The highest BCUT2D eigenvalue weighted by Crippen LogP contribution is 2.28. The molecule has 1 N–H and O–H groups in total. The Labute approximate surface area is 73.3 Å². The van der Waals surface area contributed by atoms with Crippen molar-refractivity contribution in [1.29, 1.82) is 0 Å². The van der Waals surface area contributed by atoms with Gasteiger partial charge in [-0.2, -0.15) is 0 Å². The number of hydrogen-bond donors (Lipinski definition) is 1. The average Bonchev–Trinajstić information content (AvgIpc) is 2.03. The Morgan fingerprint density at radius 3 is 2.75 bits per heavy atom. The fraction of sp³-hybridized carbons (Fsp3) is 0.700. The molecule has 1 rings (SSSR count). The highest BCUT2D eigenvalue weighted by Gasteiger charge is 2.24.